The van der Waals surface area contributed by atoms with E-state index in [1.54, 1.807) is 10.9 Å². The Morgan fingerprint density at radius 1 is 1.63 bits per heavy atom. The highest BCUT2D eigenvalue weighted by Crippen LogP contribution is 2.10. The van der Waals surface area contributed by atoms with Gasteiger partial charge >= 0.3 is 0 Å². The van der Waals surface area contributed by atoms with Crippen LogP contribution in [-0.2, 0) is 4.74 Å². The van der Waals surface area contributed by atoms with Gasteiger partial charge in [0.25, 0.3) is 5.91 Å². The van der Waals surface area contributed by atoms with Gasteiger partial charge in [-0.1, -0.05) is 5.21 Å². The lowest BCUT2D eigenvalue weighted by atomic mass is 10.1. The summed E-state index contributed by atoms with van der Waals surface area (Å²) in [6, 6.07) is 0.314. The fourth-order valence-electron chi connectivity index (χ4n) is 1.85. The molecule has 2 heterocycles. The minimum Gasteiger partial charge on any atom is -0.374 e. The highest BCUT2D eigenvalue weighted by atomic mass is 16.5. The van der Waals surface area contributed by atoms with Crippen LogP contribution in [0.15, 0.2) is 6.20 Å². The Hall–Kier alpha value is -1.47. The number of hydrogen-bond acceptors (Lipinski definition) is 5. The van der Waals surface area contributed by atoms with Crippen molar-refractivity contribution in [2.24, 2.45) is 0 Å². The summed E-state index contributed by atoms with van der Waals surface area (Å²) >= 11 is 0. The third-order valence-electron chi connectivity index (χ3n) is 3.09. The molecule has 2 N–H and O–H groups in total. The van der Waals surface area contributed by atoms with Crippen LogP contribution in [0.2, 0.25) is 0 Å². The van der Waals surface area contributed by atoms with Crippen LogP contribution in [0.5, 0.6) is 0 Å². The molecule has 1 aliphatic heterocycles. The molecule has 7 heteroatoms. The van der Waals surface area contributed by atoms with Crippen molar-refractivity contribution in [1.29, 1.82) is 0 Å². The van der Waals surface area contributed by atoms with Gasteiger partial charge in [-0.15, -0.1) is 5.10 Å². The first kappa shape index (κ1) is 14.0. The molecule has 7 nitrogen and oxygen atoms in total. The van der Waals surface area contributed by atoms with E-state index >= 15 is 0 Å². The SMILES string of the molecule is CCOC(C)(C)CNC(=O)c1cn(C2CNC2)nn1. The van der Waals surface area contributed by atoms with E-state index in [1.807, 2.05) is 20.8 Å². The van der Waals surface area contributed by atoms with E-state index in [4.69, 9.17) is 4.74 Å². The topological polar surface area (TPSA) is 81.1 Å². The van der Waals surface area contributed by atoms with Gasteiger partial charge in [0.05, 0.1) is 17.8 Å². The minimum absolute atomic E-state index is 0.216. The van der Waals surface area contributed by atoms with E-state index in [2.05, 4.69) is 20.9 Å². The van der Waals surface area contributed by atoms with Gasteiger partial charge in [0, 0.05) is 26.2 Å². The van der Waals surface area contributed by atoms with E-state index in [-0.39, 0.29) is 11.5 Å². The van der Waals surface area contributed by atoms with Crippen molar-refractivity contribution in [3.05, 3.63) is 11.9 Å². The van der Waals surface area contributed by atoms with E-state index in [1.165, 1.54) is 0 Å². The molecular formula is C12H21N5O2. The summed E-state index contributed by atoms with van der Waals surface area (Å²) < 4.78 is 7.26. The van der Waals surface area contributed by atoms with Crippen LogP contribution in [-0.4, -0.2) is 52.7 Å². The smallest absolute Gasteiger partial charge is 0.273 e. The zero-order valence-corrected chi connectivity index (χ0v) is 11.6. The van der Waals surface area contributed by atoms with Gasteiger partial charge in [-0.25, -0.2) is 4.68 Å². The molecule has 1 amide bonds. The zero-order valence-electron chi connectivity index (χ0n) is 11.6. The van der Waals surface area contributed by atoms with Crippen molar-refractivity contribution in [3.63, 3.8) is 0 Å². The van der Waals surface area contributed by atoms with Gasteiger partial charge in [-0.2, -0.15) is 0 Å². The summed E-state index contributed by atoms with van der Waals surface area (Å²) in [7, 11) is 0. The normalized spacial score (nSPS) is 16.2. The Bertz CT molecular complexity index is 439. The van der Waals surface area contributed by atoms with E-state index in [0.29, 0.717) is 24.9 Å². The maximum Gasteiger partial charge on any atom is 0.273 e. The molecule has 1 saturated heterocycles. The second-order valence-electron chi connectivity index (χ2n) is 5.27. The van der Waals surface area contributed by atoms with Crippen LogP contribution in [0.25, 0.3) is 0 Å². The number of amides is 1. The Balaban J connectivity index is 1.87. The lowest BCUT2D eigenvalue weighted by Crippen LogP contribution is -2.43. The first-order chi connectivity index (χ1) is 9.02. The molecule has 19 heavy (non-hydrogen) atoms. The molecule has 106 valence electrons. The second kappa shape index (κ2) is 5.66. The average Bonchev–Trinajstić information content (AvgIpc) is 2.73. The van der Waals surface area contributed by atoms with Crippen LogP contribution in [0.4, 0.5) is 0 Å². The number of rotatable bonds is 6. The van der Waals surface area contributed by atoms with Crippen LogP contribution < -0.4 is 10.6 Å². The largest absolute Gasteiger partial charge is 0.374 e. The maximum absolute atomic E-state index is 11.9. The van der Waals surface area contributed by atoms with E-state index in [9.17, 15) is 4.79 Å². The number of aromatic nitrogens is 3. The molecule has 0 atom stereocenters. The molecule has 0 aromatic carbocycles. The first-order valence-electron chi connectivity index (χ1n) is 6.56. The van der Waals surface area contributed by atoms with Crippen LogP contribution >= 0.6 is 0 Å². The molecule has 1 aromatic rings. The van der Waals surface area contributed by atoms with E-state index in [0.717, 1.165) is 13.1 Å². The third-order valence-corrected chi connectivity index (χ3v) is 3.09. The fraction of sp³-hybridized carbons (Fsp3) is 0.750. The summed E-state index contributed by atoms with van der Waals surface area (Å²) in [5.41, 5.74) is -0.0302. The number of hydrogen-bond donors (Lipinski definition) is 2. The maximum atomic E-state index is 11.9. The van der Waals surface area contributed by atoms with Crippen molar-refractivity contribution in [2.75, 3.05) is 26.2 Å². The van der Waals surface area contributed by atoms with Crippen LogP contribution in [0.1, 0.15) is 37.3 Å². The molecule has 0 aliphatic carbocycles. The van der Waals surface area contributed by atoms with Gasteiger partial charge in [-0.05, 0) is 20.8 Å². The Morgan fingerprint density at radius 2 is 2.37 bits per heavy atom. The Morgan fingerprint density at radius 3 is 2.95 bits per heavy atom. The number of ether oxygens (including phenoxy) is 1. The number of carbonyl (C=O) groups excluding carboxylic acids is 1. The molecule has 0 bridgehead atoms. The fourth-order valence-corrected chi connectivity index (χ4v) is 1.85. The van der Waals surface area contributed by atoms with Crippen molar-refractivity contribution in [2.45, 2.75) is 32.4 Å². The quantitative estimate of drug-likeness (QED) is 0.756. The lowest BCUT2D eigenvalue weighted by Gasteiger charge is -2.26. The van der Waals surface area contributed by atoms with Crippen molar-refractivity contribution >= 4 is 5.91 Å². The highest BCUT2D eigenvalue weighted by molar-refractivity contribution is 5.91. The molecule has 2 rings (SSSR count). The number of nitrogens with one attached hydrogen (secondary N) is 2. The van der Waals surface area contributed by atoms with Crippen LogP contribution in [0, 0.1) is 0 Å². The van der Waals surface area contributed by atoms with Gasteiger partial charge in [0.2, 0.25) is 0 Å². The lowest BCUT2D eigenvalue weighted by molar-refractivity contribution is -0.00818. The Kier molecular flexibility index (Phi) is 4.16. The summed E-state index contributed by atoms with van der Waals surface area (Å²) in [6.07, 6.45) is 1.69. The van der Waals surface area contributed by atoms with Gasteiger partial charge in [-0.3, -0.25) is 4.79 Å². The summed E-state index contributed by atoms with van der Waals surface area (Å²) in [4.78, 5) is 11.9. The third kappa shape index (κ3) is 3.51. The molecule has 1 aliphatic rings. The highest BCUT2D eigenvalue weighted by Gasteiger charge is 2.23. The summed E-state index contributed by atoms with van der Waals surface area (Å²) in [6.45, 7) is 8.62. The number of nitrogens with zero attached hydrogens (tertiary/aromatic N) is 3. The molecule has 1 fully saturated rings. The molecule has 0 saturated carbocycles. The minimum atomic E-state index is -0.377. The average molecular weight is 267 g/mol. The predicted octanol–water partition coefficient (Wildman–Crippen LogP) is -0.0327. The van der Waals surface area contributed by atoms with Gasteiger partial charge in [0.15, 0.2) is 5.69 Å². The van der Waals surface area contributed by atoms with Crippen molar-refractivity contribution in [1.82, 2.24) is 25.6 Å². The molecule has 0 radical (unpaired) electrons. The van der Waals surface area contributed by atoms with Crippen LogP contribution in [0.3, 0.4) is 0 Å². The van der Waals surface area contributed by atoms with Crippen molar-refractivity contribution < 1.29 is 9.53 Å². The summed E-state index contributed by atoms with van der Waals surface area (Å²) in [5.74, 6) is -0.216. The van der Waals surface area contributed by atoms with Gasteiger partial charge in [0.1, 0.15) is 0 Å². The Labute approximate surface area is 112 Å². The first-order valence-corrected chi connectivity index (χ1v) is 6.56. The number of carbonyl (C=O) groups is 1. The standard InChI is InChI=1S/C12H21N5O2/c1-4-19-12(2,3)8-14-11(18)10-7-17(16-15-10)9-5-13-6-9/h7,9,13H,4-6,8H2,1-3H3,(H,14,18). The molecule has 0 spiro atoms. The molecular weight excluding hydrogens is 246 g/mol. The zero-order chi connectivity index (χ0) is 13.9. The predicted molar refractivity (Wildman–Crippen MR) is 70.0 cm³/mol. The van der Waals surface area contributed by atoms with Crippen molar-refractivity contribution in [3.8, 4) is 0 Å². The molecule has 1 aromatic heterocycles. The van der Waals surface area contributed by atoms with Gasteiger partial charge < -0.3 is 15.4 Å². The van der Waals surface area contributed by atoms with E-state index < -0.39 is 0 Å². The summed E-state index contributed by atoms with van der Waals surface area (Å²) in [5, 5.41) is 13.8. The second-order valence-corrected chi connectivity index (χ2v) is 5.27. The molecule has 0 unspecified atom stereocenters. The monoisotopic (exact) mass is 267 g/mol.